The summed E-state index contributed by atoms with van der Waals surface area (Å²) in [7, 11) is 0. The highest BCUT2D eigenvalue weighted by Crippen LogP contribution is 2.12. The maximum Gasteiger partial charge on any atom is 0.278 e. The maximum atomic E-state index is 12.6. The normalized spacial score (nSPS) is 10.8. The molecule has 1 aromatic carbocycles. The zero-order valence-corrected chi connectivity index (χ0v) is 14.1. The topological polar surface area (TPSA) is 69.8 Å². The molecule has 0 atom stereocenters. The van der Waals surface area contributed by atoms with Gasteiger partial charge in [-0.2, -0.15) is 10.2 Å². The molecular weight excluding hydrogens is 304 g/mol. The van der Waals surface area contributed by atoms with Crippen molar-refractivity contribution in [1.82, 2.24) is 19.6 Å². The Labute approximate surface area is 139 Å². The van der Waals surface area contributed by atoms with E-state index in [1.807, 2.05) is 39.8 Å². The Morgan fingerprint density at radius 1 is 0.750 bits per heavy atom. The van der Waals surface area contributed by atoms with Crippen LogP contribution >= 0.6 is 0 Å². The largest absolute Gasteiger partial charge is 0.278 e. The second-order valence-corrected chi connectivity index (χ2v) is 5.87. The van der Waals surface area contributed by atoms with E-state index in [1.165, 1.54) is 9.36 Å². The zero-order chi connectivity index (χ0) is 17.4. The number of hydrogen-bond acceptors (Lipinski definition) is 4. The molecule has 0 unspecified atom stereocenters. The lowest BCUT2D eigenvalue weighted by Gasteiger charge is -2.07. The van der Waals surface area contributed by atoms with Gasteiger partial charge in [0.25, 0.3) is 11.8 Å². The van der Waals surface area contributed by atoms with Crippen molar-refractivity contribution >= 4 is 11.8 Å². The number of aryl methyl sites for hydroxylation is 4. The molecule has 2 heterocycles. The smallest absolute Gasteiger partial charge is 0.267 e. The molecule has 24 heavy (non-hydrogen) atoms. The average Bonchev–Trinajstić information content (AvgIpc) is 3.06. The number of benzene rings is 1. The summed E-state index contributed by atoms with van der Waals surface area (Å²) in [4.78, 5) is 25.3. The van der Waals surface area contributed by atoms with Gasteiger partial charge in [0.15, 0.2) is 0 Å². The van der Waals surface area contributed by atoms with Gasteiger partial charge in [-0.1, -0.05) is 6.07 Å². The second kappa shape index (κ2) is 5.88. The van der Waals surface area contributed by atoms with E-state index in [4.69, 9.17) is 0 Å². The van der Waals surface area contributed by atoms with E-state index >= 15 is 0 Å². The van der Waals surface area contributed by atoms with Gasteiger partial charge in [0.1, 0.15) is 0 Å². The predicted molar refractivity (Wildman–Crippen MR) is 89.3 cm³/mol. The molecule has 3 rings (SSSR count). The van der Waals surface area contributed by atoms with E-state index in [-0.39, 0.29) is 11.8 Å². The number of aromatic nitrogens is 4. The first-order chi connectivity index (χ1) is 11.4. The fourth-order valence-electron chi connectivity index (χ4n) is 2.70. The molecule has 0 aliphatic heterocycles. The van der Waals surface area contributed by atoms with E-state index in [1.54, 1.807) is 24.3 Å². The van der Waals surface area contributed by atoms with E-state index in [2.05, 4.69) is 10.2 Å². The van der Waals surface area contributed by atoms with Crippen LogP contribution in [-0.2, 0) is 0 Å². The lowest BCUT2D eigenvalue weighted by atomic mass is 10.1. The van der Waals surface area contributed by atoms with Crippen LogP contribution in [0.3, 0.4) is 0 Å². The molecule has 0 spiro atoms. The van der Waals surface area contributed by atoms with Gasteiger partial charge in [0, 0.05) is 22.5 Å². The predicted octanol–water partition coefficient (Wildman–Crippen LogP) is 2.69. The van der Waals surface area contributed by atoms with Crippen molar-refractivity contribution in [3.8, 4) is 0 Å². The minimum atomic E-state index is -0.261. The highest BCUT2D eigenvalue weighted by molar-refractivity contribution is 6.01. The van der Waals surface area contributed by atoms with Crippen LogP contribution in [0.1, 0.15) is 43.5 Å². The molecule has 6 heteroatoms. The van der Waals surface area contributed by atoms with Crippen molar-refractivity contribution < 1.29 is 9.59 Å². The highest BCUT2D eigenvalue weighted by atomic mass is 16.2. The minimum absolute atomic E-state index is 0.261. The molecule has 0 aliphatic rings. The summed E-state index contributed by atoms with van der Waals surface area (Å²) < 4.78 is 2.70. The average molecular weight is 322 g/mol. The van der Waals surface area contributed by atoms with Gasteiger partial charge in [-0.05, 0) is 58.0 Å². The van der Waals surface area contributed by atoms with E-state index in [0.29, 0.717) is 11.1 Å². The summed E-state index contributed by atoms with van der Waals surface area (Å²) in [5.41, 5.74) is 3.88. The molecule has 0 fully saturated rings. The molecule has 122 valence electrons. The molecule has 6 nitrogen and oxygen atoms in total. The van der Waals surface area contributed by atoms with Gasteiger partial charge in [-0.25, -0.2) is 9.36 Å². The van der Waals surface area contributed by atoms with Crippen LogP contribution in [-0.4, -0.2) is 31.4 Å². The van der Waals surface area contributed by atoms with Gasteiger partial charge < -0.3 is 0 Å². The molecule has 0 bridgehead atoms. The first-order valence-electron chi connectivity index (χ1n) is 7.63. The van der Waals surface area contributed by atoms with Gasteiger partial charge in [0.05, 0.1) is 11.4 Å². The van der Waals surface area contributed by atoms with Crippen molar-refractivity contribution in [1.29, 1.82) is 0 Å². The summed E-state index contributed by atoms with van der Waals surface area (Å²) in [6.07, 6.45) is 0. The molecule has 0 radical (unpaired) electrons. The number of hydrogen-bond donors (Lipinski definition) is 0. The van der Waals surface area contributed by atoms with Crippen molar-refractivity contribution in [2.45, 2.75) is 27.7 Å². The van der Waals surface area contributed by atoms with Crippen LogP contribution in [0, 0.1) is 27.7 Å². The molecular formula is C18H18N4O2. The van der Waals surface area contributed by atoms with Gasteiger partial charge in [-0.3, -0.25) is 9.59 Å². The van der Waals surface area contributed by atoms with E-state index < -0.39 is 0 Å². The minimum Gasteiger partial charge on any atom is -0.267 e. The standard InChI is InChI=1S/C18H18N4O2/c1-11-8-13(3)21(19-11)17(23)15-6-5-7-16(10-15)18(24)22-14(4)9-12(2)20-22/h5-10H,1-4H3. The molecule has 2 aromatic heterocycles. The summed E-state index contributed by atoms with van der Waals surface area (Å²) in [5, 5.41) is 8.40. The SMILES string of the molecule is Cc1cc(C)n(C(=O)c2cccc(C(=O)n3nc(C)cc3C)c2)n1. The number of carbonyl (C=O) groups is 2. The fraction of sp³-hybridized carbons (Fsp3) is 0.222. The van der Waals surface area contributed by atoms with Crippen molar-refractivity contribution in [3.05, 3.63) is 70.3 Å². The van der Waals surface area contributed by atoms with Gasteiger partial charge in [0.2, 0.25) is 0 Å². The van der Waals surface area contributed by atoms with Crippen LogP contribution in [0.25, 0.3) is 0 Å². The summed E-state index contributed by atoms with van der Waals surface area (Å²) in [5.74, 6) is -0.521. The Morgan fingerprint density at radius 3 is 1.50 bits per heavy atom. The Kier molecular flexibility index (Phi) is 3.89. The molecule has 3 aromatic rings. The molecule has 0 amide bonds. The maximum absolute atomic E-state index is 12.6. The quantitative estimate of drug-likeness (QED) is 0.727. The Balaban J connectivity index is 1.97. The monoisotopic (exact) mass is 322 g/mol. The third kappa shape index (κ3) is 2.78. The summed E-state index contributed by atoms with van der Waals surface area (Å²) in [6.45, 7) is 7.31. The Hall–Kier alpha value is -3.02. The Morgan fingerprint density at radius 2 is 1.17 bits per heavy atom. The van der Waals surface area contributed by atoms with Crippen LogP contribution in [0.4, 0.5) is 0 Å². The first-order valence-corrected chi connectivity index (χ1v) is 7.63. The lowest BCUT2D eigenvalue weighted by molar-refractivity contribution is 0.0942. The summed E-state index contributed by atoms with van der Waals surface area (Å²) >= 11 is 0. The highest BCUT2D eigenvalue weighted by Gasteiger charge is 2.17. The lowest BCUT2D eigenvalue weighted by Crippen LogP contribution is -2.18. The number of carbonyl (C=O) groups excluding carboxylic acids is 2. The second-order valence-electron chi connectivity index (χ2n) is 5.87. The van der Waals surface area contributed by atoms with Crippen LogP contribution < -0.4 is 0 Å². The van der Waals surface area contributed by atoms with Gasteiger partial charge in [-0.15, -0.1) is 0 Å². The van der Waals surface area contributed by atoms with Crippen molar-refractivity contribution in [2.75, 3.05) is 0 Å². The third-order valence-corrected chi connectivity index (χ3v) is 3.76. The van der Waals surface area contributed by atoms with Crippen LogP contribution in [0.2, 0.25) is 0 Å². The van der Waals surface area contributed by atoms with Gasteiger partial charge >= 0.3 is 0 Å². The molecule has 0 aliphatic carbocycles. The summed E-state index contributed by atoms with van der Waals surface area (Å²) in [6, 6.07) is 10.3. The van der Waals surface area contributed by atoms with Crippen molar-refractivity contribution in [3.63, 3.8) is 0 Å². The van der Waals surface area contributed by atoms with E-state index in [0.717, 1.165) is 22.8 Å². The van der Waals surface area contributed by atoms with Crippen LogP contribution in [0.5, 0.6) is 0 Å². The Bertz CT molecular complexity index is 876. The number of nitrogens with zero attached hydrogens (tertiary/aromatic N) is 4. The fourth-order valence-corrected chi connectivity index (χ4v) is 2.70. The van der Waals surface area contributed by atoms with Crippen LogP contribution in [0.15, 0.2) is 36.4 Å². The number of rotatable bonds is 2. The van der Waals surface area contributed by atoms with E-state index in [9.17, 15) is 9.59 Å². The first kappa shape index (κ1) is 15.9. The third-order valence-electron chi connectivity index (χ3n) is 3.76. The zero-order valence-electron chi connectivity index (χ0n) is 14.1. The molecule has 0 saturated carbocycles. The molecule has 0 saturated heterocycles. The van der Waals surface area contributed by atoms with Crippen molar-refractivity contribution in [2.24, 2.45) is 0 Å². The molecule has 0 N–H and O–H groups in total.